The summed E-state index contributed by atoms with van der Waals surface area (Å²) in [6.07, 6.45) is 8.44. The second-order valence-corrected chi connectivity index (χ2v) is 9.62. The van der Waals surface area contributed by atoms with E-state index in [0.29, 0.717) is 22.5 Å². The van der Waals surface area contributed by atoms with Crippen molar-refractivity contribution in [3.05, 3.63) is 29.3 Å². The van der Waals surface area contributed by atoms with Crippen LogP contribution < -0.4 is 4.74 Å². The van der Waals surface area contributed by atoms with Gasteiger partial charge in [0, 0.05) is 11.5 Å². The Balaban J connectivity index is 1.72. The minimum Gasteiger partial charge on any atom is -0.497 e. The van der Waals surface area contributed by atoms with Gasteiger partial charge in [-0.05, 0) is 85.0 Å². The van der Waals surface area contributed by atoms with Gasteiger partial charge in [0.05, 0.1) is 7.11 Å². The van der Waals surface area contributed by atoms with Gasteiger partial charge < -0.3 is 4.74 Å². The van der Waals surface area contributed by atoms with Crippen LogP contribution in [0.2, 0.25) is 0 Å². The Morgan fingerprint density at radius 1 is 1.08 bits per heavy atom. The van der Waals surface area contributed by atoms with Crippen molar-refractivity contribution in [3.8, 4) is 5.75 Å². The lowest BCUT2D eigenvalue weighted by atomic mass is 9.45. The fourth-order valence-electron chi connectivity index (χ4n) is 6.84. The molecule has 0 spiro atoms. The van der Waals surface area contributed by atoms with Crippen molar-refractivity contribution in [1.29, 1.82) is 0 Å². The molecule has 25 heavy (non-hydrogen) atoms. The molecule has 0 N–H and O–H groups in total. The Morgan fingerprint density at radius 2 is 1.88 bits per heavy atom. The zero-order valence-corrected chi connectivity index (χ0v) is 16.2. The Hall–Kier alpha value is -1.31. The molecule has 0 heterocycles. The van der Waals surface area contributed by atoms with Gasteiger partial charge >= 0.3 is 0 Å². The second-order valence-electron chi connectivity index (χ2n) is 9.62. The predicted molar refractivity (Wildman–Crippen MR) is 101 cm³/mol. The molecule has 136 valence electrons. The van der Waals surface area contributed by atoms with Crippen LogP contribution in [0, 0.1) is 28.6 Å². The highest BCUT2D eigenvalue weighted by molar-refractivity contribution is 6.00. The first-order valence-electron chi connectivity index (χ1n) is 10.1. The first-order chi connectivity index (χ1) is 11.9. The van der Waals surface area contributed by atoms with E-state index < -0.39 is 0 Å². The third kappa shape index (κ3) is 2.55. The van der Waals surface area contributed by atoms with Gasteiger partial charge in [-0.1, -0.05) is 27.2 Å². The van der Waals surface area contributed by atoms with E-state index in [1.807, 2.05) is 12.1 Å². The first kappa shape index (κ1) is 17.1. The van der Waals surface area contributed by atoms with E-state index in [2.05, 4.69) is 26.8 Å². The van der Waals surface area contributed by atoms with Crippen LogP contribution in [0.15, 0.2) is 18.2 Å². The molecule has 0 radical (unpaired) electrons. The van der Waals surface area contributed by atoms with E-state index >= 15 is 0 Å². The number of rotatable bonds is 1. The van der Waals surface area contributed by atoms with Gasteiger partial charge in [0.15, 0.2) is 5.78 Å². The van der Waals surface area contributed by atoms with Crippen molar-refractivity contribution in [2.45, 2.75) is 65.7 Å². The summed E-state index contributed by atoms with van der Waals surface area (Å²) in [5, 5.41) is 0. The van der Waals surface area contributed by atoms with Crippen molar-refractivity contribution < 1.29 is 9.53 Å². The highest BCUT2D eigenvalue weighted by Crippen LogP contribution is 2.62. The molecule has 2 fully saturated rings. The second kappa shape index (κ2) is 5.86. The number of carbonyl (C=O) groups excluding carboxylic acids is 1. The van der Waals surface area contributed by atoms with Crippen LogP contribution in [-0.2, 0) is 6.42 Å². The number of hydrogen-bond acceptors (Lipinski definition) is 2. The molecule has 0 bridgehead atoms. The van der Waals surface area contributed by atoms with Gasteiger partial charge in [-0.2, -0.15) is 0 Å². The Labute approximate surface area is 152 Å². The van der Waals surface area contributed by atoms with Gasteiger partial charge in [0.1, 0.15) is 5.75 Å². The average molecular weight is 341 g/mol. The molecule has 0 aromatic heterocycles. The van der Waals surface area contributed by atoms with Crippen molar-refractivity contribution in [3.63, 3.8) is 0 Å². The monoisotopic (exact) mass is 340 g/mol. The number of ether oxygens (including phenoxy) is 1. The van der Waals surface area contributed by atoms with Gasteiger partial charge in [0.25, 0.3) is 0 Å². The molecule has 0 aliphatic heterocycles. The lowest BCUT2D eigenvalue weighted by molar-refractivity contribution is -0.0910. The predicted octanol–water partition coefficient (Wildman–Crippen LogP) is 5.68. The number of Topliss-reactive ketones (excluding diaryl/α,β-unsaturated/α-hetero) is 1. The Bertz CT molecular complexity index is 689. The molecular weight excluding hydrogens is 308 g/mol. The third-order valence-electron chi connectivity index (χ3n) is 8.01. The zero-order valence-electron chi connectivity index (χ0n) is 16.2. The van der Waals surface area contributed by atoms with Crippen molar-refractivity contribution in [2.24, 2.45) is 28.6 Å². The van der Waals surface area contributed by atoms with Crippen molar-refractivity contribution >= 4 is 5.78 Å². The Kier molecular flexibility index (Phi) is 4.01. The molecule has 1 aromatic carbocycles. The van der Waals surface area contributed by atoms with Crippen molar-refractivity contribution in [2.75, 3.05) is 7.11 Å². The molecular formula is C23H32O2. The molecule has 4 rings (SSSR count). The number of aryl methyl sites for hydroxylation is 1. The number of benzene rings is 1. The van der Waals surface area contributed by atoms with Crippen molar-refractivity contribution in [1.82, 2.24) is 0 Å². The SMILES string of the molecule is COc1ccc2c(c1)CC[C@H]1[C@H](CC[C@H]3C(C)(C)CCC[C@]13C)C2=O. The van der Waals surface area contributed by atoms with E-state index in [0.717, 1.165) is 36.5 Å². The van der Waals surface area contributed by atoms with Gasteiger partial charge in [-0.15, -0.1) is 0 Å². The molecule has 0 amide bonds. The van der Waals surface area contributed by atoms with E-state index in [1.54, 1.807) is 7.11 Å². The molecule has 2 saturated carbocycles. The normalized spacial score (nSPS) is 36.6. The third-order valence-corrected chi connectivity index (χ3v) is 8.01. The quantitative estimate of drug-likeness (QED) is 0.657. The average Bonchev–Trinajstić information content (AvgIpc) is 2.72. The number of fused-ring (bicyclic) bond motifs is 4. The zero-order chi connectivity index (χ0) is 17.8. The summed E-state index contributed by atoms with van der Waals surface area (Å²) in [5.41, 5.74) is 2.91. The maximum Gasteiger partial charge on any atom is 0.166 e. The van der Waals surface area contributed by atoms with Crippen LogP contribution in [0.5, 0.6) is 5.75 Å². The minimum absolute atomic E-state index is 0.227. The molecule has 0 saturated heterocycles. The van der Waals surface area contributed by atoms with Crippen LogP contribution in [0.25, 0.3) is 0 Å². The molecule has 2 heteroatoms. The number of carbonyl (C=O) groups is 1. The molecule has 0 unspecified atom stereocenters. The van der Waals surface area contributed by atoms with Crippen LogP contribution in [-0.4, -0.2) is 12.9 Å². The highest BCUT2D eigenvalue weighted by atomic mass is 16.5. The molecule has 3 aliphatic carbocycles. The maximum absolute atomic E-state index is 13.4. The minimum atomic E-state index is 0.227. The summed E-state index contributed by atoms with van der Waals surface area (Å²) in [5.74, 6) is 2.81. The highest BCUT2D eigenvalue weighted by Gasteiger charge is 2.56. The molecule has 4 atom stereocenters. The topological polar surface area (TPSA) is 26.3 Å². The van der Waals surface area contributed by atoms with E-state index in [4.69, 9.17) is 4.74 Å². The van der Waals surface area contributed by atoms with E-state index in [1.165, 1.54) is 31.2 Å². The smallest absolute Gasteiger partial charge is 0.166 e. The summed E-state index contributed by atoms with van der Waals surface area (Å²) in [6, 6.07) is 6.06. The summed E-state index contributed by atoms with van der Waals surface area (Å²) in [4.78, 5) is 13.4. The lowest BCUT2D eigenvalue weighted by Crippen LogP contribution is -2.52. The molecule has 1 aromatic rings. The van der Waals surface area contributed by atoms with Gasteiger partial charge in [0.2, 0.25) is 0 Å². The summed E-state index contributed by atoms with van der Waals surface area (Å²) in [6.45, 7) is 7.44. The largest absolute Gasteiger partial charge is 0.497 e. The summed E-state index contributed by atoms with van der Waals surface area (Å²) in [7, 11) is 1.70. The van der Waals surface area contributed by atoms with Gasteiger partial charge in [-0.3, -0.25) is 4.79 Å². The number of ketones is 1. The summed E-state index contributed by atoms with van der Waals surface area (Å²) >= 11 is 0. The van der Waals surface area contributed by atoms with Crippen LogP contribution in [0.3, 0.4) is 0 Å². The Morgan fingerprint density at radius 3 is 2.64 bits per heavy atom. The fraction of sp³-hybridized carbons (Fsp3) is 0.696. The maximum atomic E-state index is 13.4. The fourth-order valence-corrected chi connectivity index (χ4v) is 6.84. The lowest BCUT2D eigenvalue weighted by Gasteiger charge is -2.59. The standard InChI is InChI=1S/C23H32O2/c1-22(2)12-5-13-23(3)19-10-6-15-14-16(25-4)7-8-17(15)21(24)18(19)9-11-20(22)23/h7-8,14,18-20H,5-6,9-13H2,1-4H3/t18-,19-,20-,23+/m0/s1. The molecule has 3 aliphatic rings. The van der Waals surface area contributed by atoms with Gasteiger partial charge in [-0.25, -0.2) is 0 Å². The van der Waals surface area contributed by atoms with Crippen LogP contribution in [0.4, 0.5) is 0 Å². The number of methoxy groups -OCH3 is 1. The first-order valence-corrected chi connectivity index (χ1v) is 10.1. The van der Waals surface area contributed by atoms with Crippen LogP contribution in [0.1, 0.15) is 75.2 Å². The number of hydrogen-bond donors (Lipinski definition) is 0. The van der Waals surface area contributed by atoms with E-state index in [-0.39, 0.29) is 5.92 Å². The summed E-state index contributed by atoms with van der Waals surface area (Å²) < 4.78 is 5.40. The van der Waals surface area contributed by atoms with E-state index in [9.17, 15) is 4.79 Å². The van der Waals surface area contributed by atoms with Crippen LogP contribution >= 0.6 is 0 Å². The molecule has 2 nitrogen and oxygen atoms in total.